The fourth-order valence-electron chi connectivity index (χ4n) is 2.48. The molecule has 1 fully saturated rings. The van der Waals surface area contributed by atoms with Crippen molar-refractivity contribution in [2.45, 2.75) is 44.5 Å². The Morgan fingerprint density at radius 3 is 2.69 bits per heavy atom. The van der Waals surface area contributed by atoms with Crippen molar-refractivity contribution >= 4 is 11.8 Å². The van der Waals surface area contributed by atoms with Crippen molar-refractivity contribution in [3.8, 4) is 0 Å². The van der Waals surface area contributed by atoms with E-state index in [1.807, 2.05) is 11.8 Å². The molecule has 1 heterocycles. The van der Waals surface area contributed by atoms with Crippen LogP contribution in [0.5, 0.6) is 0 Å². The quantitative estimate of drug-likeness (QED) is 0.846. The molecular formula is C14H20OS. The minimum atomic E-state index is -0.333. The molecule has 1 aromatic carbocycles. The molecule has 2 unspecified atom stereocenters. The minimum Gasteiger partial charge on any atom is -0.387 e. The molecule has 2 atom stereocenters. The lowest BCUT2D eigenvalue weighted by molar-refractivity contribution is 0.134. The third kappa shape index (κ3) is 2.14. The number of aliphatic hydroxyl groups excluding tert-OH is 1. The summed E-state index contributed by atoms with van der Waals surface area (Å²) in [5.74, 6) is 1.18. The van der Waals surface area contributed by atoms with Crippen LogP contribution in [0.3, 0.4) is 0 Å². The van der Waals surface area contributed by atoms with Gasteiger partial charge in [0.15, 0.2) is 0 Å². The molecule has 1 aliphatic rings. The molecular weight excluding hydrogens is 216 g/mol. The predicted molar refractivity (Wildman–Crippen MR) is 71.0 cm³/mol. The third-order valence-corrected chi connectivity index (χ3v) is 5.13. The van der Waals surface area contributed by atoms with E-state index >= 15 is 0 Å². The average Bonchev–Trinajstić information content (AvgIpc) is 2.66. The lowest BCUT2D eigenvalue weighted by atomic mass is 9.90. The summed E-state index contributed by atoms with van der Waals surface area (Å²) in [5, 5.41) is 10.5. The van der Waals surface area contributed by atoms with E-state index in [1.165, 1.54) is 23.3 Å². The fourth-order valence-corrected chi connectivity index (χ4v) is 3.81. The summed E-state index contributed by atoms with van der Waals surface area (Å²) in [4.78, 5) is 0. The van der Waals surface area contributed by atoms with Crippen molar-refractivity contribution < 1.29 is 5.11 Å². The molecule has 1 aromatic rings. The monoisotopic (exact) mass is 236 g/mol. The van der Waals surface area contributed by atoms with Crippen LogP contribution < -0.4 is 0 Å². The van der Waals surface area contributed by atoms with Gasteiger partial charge in [-0.3, -0.25) is 0 Å². The number of aryl methyl sites for hydroxylation is 2. The van der Waals surface area contributed by atoms with Gasteiger partial charge in [-0.25, -0.2) is 0 Å². The number of hydrogen-bond acceptors (Lipinski definition) is 2. The molecule has 0 aliphatic carbocycles. The van der Waals surface area contributed by atoms with Crippen LogP contribution in [-0.2, 0) is 0 Å². The van der Waals surface area contributed by atoms with Crippen LogP contribution in [0.4, 0.5) is 0 Å². The van der Waals surface area contributed by atoms with Crippen molar-refractivity contribution in [1.29, 1.82) is 0 Å². The summed E-state index contributed by atoms with van der Waals surface area (Å²) in [5.41, 5.74) is 3.57. The van der Waals surface area contributed by atoms with Crippen LogP contribution in [0.2, 0.25) is 0 Å². The van der Waals surface area contributed by atoms with Gasteiger partial charge in [-0.05, 0) is 50.5 Å². The lowest BCUT2D eigenvalue weighted by Crippen LogP contribution is -2.26. The van der Waals surface area contributed by atoms with E-state index in [0.717, 1.165) is 12.0 Å². The second-order valence-electron chi connectivity index (χ2n) is 5.03. The summed E-state index contributed by atoms with van der Waals surface area (Å²) in [6, 6.07) is 6.33. The largest absolute Gasteiger partial charge is 0.387 e. The molecule has 2 heteroatoms. The molecule has 16 heavy (non-hydrogen) atoms. The molecule has 0 saturated carbocycles. The minimum absolute atomic E-state index is 0.0139. The molecule has 0 radical (unpaired) electrons. The SMILES string of the molecule is Cc1ccc(C(O)C2(C)CCCS2)c(C)c1. The lowest BCUT2D eigenvalue weighted by Gasteiger charge is -2.30. The van der Waals surface area contributed by atoms with Crippen LogP contribution in [-0.4, -0.2) is 15.6 Å². The van der Waals surface area contributed by atoms with E-state index in [2.05, 4.69) is 39.0 Å². The van der Waals surface area contributed by atoms with Crippen molar-refractivity contribution in [2.75, 3.05) is 5.75 Å². The van der Waals surface area contributed by atoms with Gasteiger partial charge in [0.1, 0.15) is 0 Å². The first kappa shape index (κ1) is 12.0. The molecule has 0 amide bonds. The predicted octanol–water partition coefficient (Wildman–Crippen LogP) is 3.62. The molecule has 2 rings (SSSR count). The van der Waals surface area contributed by atoms with Gasteiger partial charge >= 0.3 is 0 Å². The Balaban J connectivity index is 2.29. The first-order valence-electron chi connectivity index (χ1n) is 5.92. The molecule has 88 valence electrons. The first-order chi connectivity index (χ1) is 7.53. The van der Waals surface area contributed by atoms with Crippen LogP contribution in [0.25, 0.3) is 0 Å². The molecule has 1 N–H and O–H groups in total. The number of rotatable bonds is 2. The summed E-state index contributed by atoms with van der Waals surface area (Å²) >= 11 is 1.91. The van der Waals surface area contributed by atoms with E-state index < -0.39 is 0 Å². The number of hydrogen-bond donors (Lipinski definition) is 1. The first-order valence-corrected chi connectivity index (χ1v) is 6.91. The Morgan fingerprint density at radius 1 is 1.38 bits per heavy atom. The molecule has 0 aromatic heterocycles. The van der Waals surface area contributed by atoms with E-state index in [0.29, 0.717) is 0 Å². The smallest absolute Gasteiger partial charge is 0.0936 e. The summed E-state index contributed by atoms with van der Waals surface area (Å²) in [6.07, 6.45) is 2.01. The zero-order valence-corrected chi connectivity index (χ0v) is 11.1. The Kier molecular flexibility index (Phi) is 3.32. The van der Waals surface area contributed by atoms with Gasteiger partial charge in [-0.2, -0.15) is 11.8 Å². The highest BCUT2D eigenvalue weighted by molar-refractivity contribution is 8.00. The Morgan fingerprint density at radius 2 is 2.12 bits per heavy atom. The number of benzene rings is 1. The topological polar surface area (TPSA) is 20.2 Å². The second kappa shape index (κ2) is 4.42. The van der Waals surface area contributed by atoms with Gasteiger partial charge in [-0.15, -0.1) is 0 Å². The van der Waals surface area contributed by atoms with Crippen LogP contribution in [0.1, 0.15) is 42.6 Å². The zero-order valence-electron chi connectivity index (χ0n) is 10.3. The van der Waals surface area contributed by atoms with Crippen molar-refractivity contribution in [2.24, 2.45) is 0 Å². The maximum Gasteiger partial charge on any atom is 0.0936 e. The third-order valence-electron chi connectivity index (χ3n) is 3.55. The Labute approximate surface area is 102 Å². The molecule has 0 spiro atoms. The van der Waals surface area contributed by atoms with Gasteiger partial charge in [0.2, 0.25) is 0 Å². The molecule has 1 saturated heterocycles. The summed E-state index contributed by atoms with van der Waals surface area (Å²) in [7, 11) is 0. The Bertz CT molecular complexity index is 380. The van der Waals surface area contributed by atoms with Crippen LogP contribution in [0, 0.1) is 13.8 Å². The fraction of sp³-hybridized carbons (Fsp3) is 0.571. The number of thioether (sulfide) groups is 1. The Hall–Kier alpha value is -0.470. The van der Waals surface area contributed by atoms with E-state index in [9.17, 15) is 5.11 Å². The molecule has 0 bridgehead atoms. The highest BCUT2D eigenvalue weighted by Gasteiger charge is 2.38. The van der Waals surface area contributed by atoms with Gasteiger partial charge in [0.05, 0.1) is 6.10 Å². The van der Waals surface area contributed by atoms with Gasteiger partial charge < -0.3 is 5.11 Å². The van der Waals surface area contributed by atoms with E-state index in [-0.39, 0.29) is 10.9 Å². The summed E-state index contributed by atoms with van der Waals surface area (Å²) in [6.45, 7) is 6.37. The van der Waals surface area contributed by atoms with E-state index in [1.54, 1.807) is 0 Å². The summed E-state index contributed by atoms with van der Waals surface area (Å²) < 4.78 is 0.0139. The van der Waals surface area contributed by atoms with Crippen LogP contribution in [0.15, 0.2) is 18.2 Å². The zero-order chi connectivity index (χ0) is 11.8. The van der Waals surface area contributed by atoms with Crippen LogP contribution >= 0.6 is 11.8 Å². The maximum absolute atomic E-state index is 10.5. The van der Waals surface area contributed by atoms with E-state index in [4.69, 9.17) is 0 Å². The standard InChI is InChI=1S/C14H20OS/c1-10-5-6-12(11(2)9-10)13(15)14(3)7-4-8-16-14/h5-6,9,13,15H,4,7-8H2,1-3H3. The van der Waals surface area contributed by atoms with Gasteiger partial charge in [0.25, 0.3) is 0 Å². The second-order valence-corrected chi connectivity index (χ2v) is 6.66. The average molecular weight is 236 g/mol. The van der Waals surface area contributed by atoms with Gasteiger partial charge in [0, 0.05) is 4.75 Å². The molecule has 1 nitrogen and oxygen atoms in total. The van der Waals surface area contributed by atoms with Crippen molar-refractivity contribution in [1.82, 2.24) is 0 Å². The highest BCUT2D eigenvalue weighted by Crippen LogP contribution is 2.47. The highest BCUT2D eigenvalue weighted by atomic mass is 32.2. The van der Waals surface area contributed by atoms with Crippen molar-refractivity contribution in [3.63, 3.8) is 0 Å². The van der Waals surface area contributed by atoms with Crippen molar-refractivity contribution in [3.05, 3.63) is 34.9 Å². The molecule has 1 aliphatic heterocycles. The normalized spacial score (nSPS) is 27.0. The maximum atomic E-state index is 10.5. The number of aliphatic hydroxyl groups is 1. The van der Waals surface area contributed by atoms with Gasteiger partial charge in [-0.1, -0.05) is 23.8 Å².